The first-order valence-electron chi connectivity index (χ1n) is 12.0. The zero-order valence-corrected chi connectivity index (χ0v) is 20.1. The number of nitrogens with one attached hydrogen (secondary N) is 1. The van der Waals surface area contributed by atoms with E-state index in [1.807, 2.05) is 32.9 Å². The molecule has 9 heteroatoms. The van der Waals surface area contributed by atoms with E-state index in [1.54, 1.807) is 9.80 Å². The first-order chi connectivity index (χ1) is 16.0. The number of anilines is 1. The number of hydrogen-bond acceptors (Lipinski definition) is 6. The number of amides is 4. The summed E-state index contributed by atoms with van der Waals surface area (Å²) in [6.07, 6.45) is 2.40. The van der Waals surface area contributed by atoms with E-state index < -0.39 is 11.6 Å². The van der Waals surface area contributed by atoms with E-state index in [9.17, 15) is 19.2 Å². The van der Waals surface area contributed by atoms with E-state index >= 15 is 0 Å². The fourth-order valence-corrected chi connectivity index (χ4v) is 5.53. The van der Waals surface area contributed by atoms with Crippen LogP contribution in [0, 0.1) is 5.41 Å². The molecule has 4 amide bonds. The zero-order valence-electron chi connectivity index (χ0n) is 20.1. The number of carbonyl (C=O) groups excluding carboxylic acids is 4. The summed E-state index contributed by atoms with van der Waals surface area (Å²) in [5.41, 5.74) is 2.32. The molecule has 182 valence electrons. The Morgan fingerprint density at radius 2 is 1.82 bits per heavy atom. The SMILES string of the molecule is CC(C)(C)OC(=O)N1CC2(CCN(c3ccc4c(c3)CN(C3CCC(=O)NC3=O)C4=O)CC2)C1. The fraction of sp³-hybridized carbons (Fsp3) is 0.600. The van der Waals surface area contributed by atoms with Crippen molar-refractivity contribution < 1.29 is 23.9 Å². The molecule has 1 N–H and O–H groups in total. The largest absolute Gasteiger partial charge is 0.444 e. The van der Waals surface area contributed by atoms with Crippen molar-refractivity contribution in [1.29, 1.82) is 0 Å². The van der Waals surface area contributed by atoms with E-state index in [1.165, 1.54) is 0 Å². The smallest absolute Gasteiger partial charge is 0.410 e. The number of nitrogens with zero attached hydrogens (tertiary/aromatic N) is 3. The highest BCUT2D eigenvalue weighted by Gasteiger charge is 2.48. The number of benzene rings is 1. The maximum atomic E-state index is 12.9. The summed E-state index contributed by atoms with van der Waals surface area (Å²) < 4.78 is 5.49. The molecule has 3 saturated heterocycles. The van der Waals surface area contributed by atoms with Crippen LogP contribution in [0.1, 0.15) is 62.4 Å². The molecule has 0 radical (unpaired) electrons. The predicted octanol–water partition coefficient (Wildman–Crippen LogP) is 2.28. The molecule has 3 fully saturated rings. The number of fused-ring (bicyclic) bond motifs is 1. The van der Waals surface area contributed by atoms with Gasteiger partial charge in [-0.15, -0.1) is 0 Å². The molecule has 5 rings (SSSR count). The van der Waals surface area contributed by atoms with E-state index in [0.29, 0.717) is 18.5 Å². The molecule has 1 atom stereocenters. The van der Waals surface area contributed by atoms with Crippen LogP contribution in [-0.4, -0.2) is 71.4 Å². The van der Waals surface area contributed by atoms with Gasteiger partial charge in [-0.25, -0.2) is 4.79 Å². The van der Waals surface area contributed by atoms with Crippen LogP contribution >= 0.6 is 0 Å². The van der Waals surface area contributed by atoms with Crippen LogP contribution in [0.5, 0.6) is 0 Å². The molecule has 1 spiro atoms. The third-order valence-corrected chi connectivity index (χ3v) is 7.40. The van der Waals surface area contributed by atoms with Crippen LogP contribution < -0.4 is 10.2 Å². The first-order valence-corrected chi connectivity index (χ1v) is 12.0. The number of carbonyl (C=O) groups is 4. The van der Waals surface area contributed by atoms with Gasteiger partial charge < -0.3 is 19.4 Å². The van der Waals surface area contributed by atoms with Crippen LogP contribution in [0.25, 0.3) is 0 Å². The Balaban J connectivity index is 1.19. The van der Waals surface area contributed by atoms with Gasteiger partial charge in [0.15, 0.2) is 0 Å². The van der Waals surface area contributed by atoms with E-state index in [0.717, 1.165) is 50.3 Å². The summed E-state index contributed by atoms with van der Waals surface area (Å²) >= 11 is 0. The average Bonchev–Trinajstić information content (AvgIpc) is 3.06. The minimum atomic E-state index is -0.595. The van der Waals surface area contributed by atoms with Crippen molar-refractivity contribution in [3.05, 3.63) is 29.3 Å². The van der Waals surface area contributed by atoms with Crippen LogP contribution in [0.4, 0.5) is 10.5 Å². The fourth-order valence-electron chi connectivity index (χ4n) is 5.53. The maximum absolute atomic E-state index is 12.9. The van der Waals surface area contributed by atoms with Gasteiger partial charge in [0.25, 0.3) is 5.91 Å². The van der Waals surface area contributed by atoms with Crippen LogP contribution in [0.3, 0.4) is 0 Å². The maximum Gasteiger partial charge on any atom is 0.410 e. The van der Waals surface area contributed by atoms with Crippen molar-refractivity contribution in [1.82, 2.24) is 15.1 Å². The monoisotopic (exact) mass is 468 g/mol. The number of likely N-dealkylation sites (tertiary alicyclic amines) is 1. The van der Waals surface area contributed by atoms with Gasteiger partial charge in [-0.1, -0.05) is 0 Å². The average molecular weight is 469 g/mol. The van der Waals surface area contributed by atoms with E-state index in [2.05, 4.69) is 16.3 Å². The van der Waals surface area contributed by atoms with Gasteiger partial charge in [-0.05, 0) is 63.8 Å². The summed E-state index contributed by atoms with van der Waals surface area (Å²) in [6, 6.07) is 5.31. The van der Waals surface area contributed by atoms with Crippen molar-refractivity contribution in [3.8, 4) is 0 Å². The summed E-state index contributed by atoms with van der Waals surface area (Å²) in [6.45, 7) is 9.31. The molecule has 0 saturated carbocycles. The number of ether oxygens (including phenoxy) is 1. The molecule has 0 aliphatic carbocycles. The molecule has 1 unspecified atom stereocenters. The molecule has 9 nitrogen and oxygen atoms in total. The second kappa shape index (κ2) is 7.99. The topological polar surface area (TPSA) is 99.3 Å². The minimum absolute atomic E-state index is 0.148. The normalized spacial score (nSPS) is 24.1. The van der Waals surface area contributed by atoms with Crippen molar-refractivity contribution in [2.45, 2.75) is 64.6 Å². The van der Waals surface area contributed by atoms with E-state index in [4.69, 9.17) is 4.74 Å². The lowest BCUT2D eigenvalue weighted by Crippen LogP contribution is -2.62. The lowest BCUT2D eigenvalue weighted by Gasteiger charge is -2.54. The molecule has 1 aromatic carbocycles. The molecule has 34 heavy (non-hydrogen) atoms. The zero-order chi connectivity index (χ0) is 24.3. The molecule has 4 aliphatic heterocycles. The summed E-state index contributed by atoms with van der Waals surface area (Å²) in [5.74, 6) is -0.818. The molecule has 4 aliphatic rings. The number of piperidine rings is 2. The molecule has 1 aromatic rings. The van der Waals surface area contributed by atoms with Gasteiger partial charge in [0, 0.05) is 55.8 Å². The first kappa shape index (κ1) is 22.7. The van der Waals surface area contributed by atoms with Crippen molar-refractivity contribution in [2.75, 3.05) is 31.1 Å². The third kappa shape index (κ3) is 4.12. The Kier molecular flexibility index (Phi) is 5.33. The number of imide groups is 1. The molecule has 0 bridgehead atoms. The lowest BCUT2D eigenvalue weighted by molar-refractivity contribution is -0.136. The molecule has 0 aromatic heterocycles. The number of rotatable bonds is 2. The Morgan fingerprint density at radius 3 is 2.47 bits per heavy atom. The van der Waals surface area contributed by atoms with Crippen LogP contribution in [0.15, 0.2) is 18.2 Å². The van der Waals surface area contributed by atoms with Gasteiger partial charge in [-0.3, -0.25) is 19.7 Å². The quantitative estimate of drug-likeness (QED) is 0.669. The Hall–Kier alpha value is -3.10. The van der Waals surface area contributed by atoms with Gasteiger partial charge >= 0.3 is 6.09 Å². The lowest BCUT2D eigenvalue weighted by atomic mass is 9.72. The second-order valence-corrected chi connectivity index (χ2v) is 11.1. The van der Waals surface area contributed by atoms with Crippen molar-refractivity contribution >= 4 is 29.5 Å². The highest BCUT2D eigenvalue weighted by atomic mass is 16.6. The number of hydrogen-bond donors (Lipinski definition) is 1. The second-order valence-electron chi connectivity index (χ2n) is 11.1. The standard InChI is InChI=1S/C25H32N4O5/c1-24(2,3)34-23(33)28-14-25(15-28)8-10-27(11-9-25)17-4-5-18-16(12-17)13-29(22(18)32)19-6-7-20(30)26-21(19)31/h4-5,12,19H,6-11,13-15H2,1-3H3,(H,26,30,31). The Labute approximate surface area is 199 Å². The Bertz CT molecular complexity index is 1050. The highest BCUT2D eigenvalue weighted by molar-refractivity contribution is 6.05. The van der Waals surface area contributed by atoms with Gasteiger partial charge in [0.2, 0.25) is 11.8 Å². The van der Waals surface area contributed by atoms with Gasteiger partial charge in [0.05, 0.1) is 0 Å². The summed E-state index contributed by atoms with van der Waals surface area (Å²) in [5, 5.41) is 2.34. The molecule has 4 heterocycles. The minimum Gasteiger partial charge on any atom is -0.444 e. The Morgan fingerprint density at radius 1 is 1.12 bits per heavy atom. The predicted molar refractivity (Wildman–Crippen MR) is 124 cm³/mol. The van der Waals surface area contributed by atoms with Crippen molar-refractivity contribution in [2.24, 2.45) is 5.41 Å². The van der Waals surface area contributed by atoms with Crippen LogP contribution in [0.2, 0.25) is 0 Å². The third-order valence-electron chi connectivity index (χ3n) is 7.40. The molecular formula is C25H32N4O5. The van der Waals surface area contributed by atoms with Crippen LogP contribution in [-0.2, 0) is 20.9 Å². The van der Waals surface area contributed by atoms with Gasteiger partial charge in [0.1, 0.15) is 11.6 Å². The van der Waals surface area contributed by atoms with Crippen molar-refractivity contribution in [3.63, 3.8) is 0 Å². The van der Waals surface area contributed by atoms with Gasteiger partial charge in [-0.2, -0.15) is 0 Å². The van der Waals surface area contributed by atoms with E-state index in [-0.39, 0.29) is 35.7 Å². The highest BCUT2D eigenvalue weighted by Crippen LogP contribution is 2.42. The summed E-state index contributed by atoms with van der Waals surface area (Å²) in [7, 11) is 0. The summed E-state index contributed by atoms with van der Waals surface area (Å²) in [4.78, 5) is 54.6. The molecular weight excluding hydrogens is 436 g/mol.